The number of nitrogens with zero attached hydrogens (tertiary/aromatic N) is 1. The molecule has 1 aliphatic heterocycles. The summed E-state index contributed by atoms with van der Waals surface area (Å²) in [5.74, 6) is 1.79. The van der Waals surface area contributed by atoms with Crippen molar-refractivity contribution in [3.63, 3.8) is 0 Å². The lowest BCUT2D eigenvalue weighted by atomic mass is 9.93. The average Bonchev–Trinajstić information content (AvgIpc) is 2.18. The van der Waals surface area contributed by atoms with Crippen LogP contribution in [0.2, 0.25) is 0 Å². The third-order valence-corrected chi connectivity index (χ3v) is 4.38. The standard InChI is InChI=1S/C13H26BrN/c1-4-5-11(2)10-15-8-6-13(7-9-15)12(3)14/h11-13H,4-10H2,1-3H3. The summed E-state index contributed by atoms with van der Waals surface area (Å²) < 4.78 is 0. The van der Waals surface area contributed by atoms with Gasteiger partial charge in [0, 0.05) is 11.4 Å². The number of halogens is 1. The van der Waals surface area contributed by atoms with Gasteiger partial charge in [-0.25, -0.2) is 0 Å². The fourth-order valence-corrected chi connectivity index (χ4v) is 3.15. The van der Waals surface area contributed by atoms with Gasteiger partial charge < -0.3 is 4.90 Å². The van der Waals surface area contributed by atoms with Crippen molar-refractivity contribution in [3.8, 4) is 0 Å². The van der Waals surface area contributed by atoms with E-state index < -0.39 is 0 Å². The molecule has 1 nitrogen and oxygen atoms in total. The Kier molecular flexibility index (Phi) is 6.21. The maximum Gasteiger partial charge on any atom is 0.0146 e. The smallest absolute Gasteiger partial charge is 0.0146 e. The van der Waals surface area contributed by atoms with Gasteiger partial charge in [-0.05, 0) is 44.2 Å². The summed E-state index contributed by atoms with van der Waals surface area (Å²) in [4.78, 5) is 3.36. The van der Waals surface area contributed by atoms with Crippen molar-refractivity contribution in [2.24, 2.45) is 11.8 Å². The fourth-order valence-electron chi connectivity index (χ4n) is 2.62. The highest BCUT2D eigenvalue weighted by molar-refractivity contribution is 9.09. The van der Waals surface area contributed by atoms with Crippen LogP contribution in [-0.2, 0) is 0 Å². The molecule has 90 valence electrons. The number of alkyl halides is 1. The molecule has 0 aromatic heterocycles. The van der Waals surface area contributed by atoms with Crippen LogP contribution in [0.4, 0.5) is 0 Å². The number of hydrogen-bond acceptors (Lipinski definition) is 1. The molecule has 0 saturated carbocycles. The van der Waals surface area contributed by atoms with Crippen molar-refractivity contribution in [1.82, 2.24) is 4.90 Å². The van der Waals surface area contributed by atoms with Gasteiger partial charge in [-0.2, -0.15) is 0 Å². The van der Waals surface area contributed by atoms with E-state index in [1.807, 2.05) is 0 Å². The summed E-state index contributed by atoms with van der Waals surface area (Å²) >= 11 is 3.71. The predicted octanol–water partition coefficient (Wildman–Crippen LogP) is 3.92. The first kappa shape index (κ1) is 13.5. The Balaban J connectivity index is 2.19. The summed E-state index contributed by atoms with van der Waals surface area (Å²) in [6.45, 7) is 10.9. The van der Waals surface area contributed by atoms with E-state index in [2.05, 4.69) is 41.6 Å². The van der Waals surface area contributed by atoms with Gasteiger partial charge in [0.05, 0.1) is 0 Å². The quantitative estimate of drug-likeness (QED) is 0.688. The second-order valence-corrected chi connectivity index (χ2v) is 6.65. The van der Waals surface area contributed by atoms with E-state index in [1.165, 1.54) is 45.3 Å². The Morgan fingerprint density at radius 3 is 2.33 bits per heavy atom. The maximum atomic E-state index is 3.71. The molecule has 0 amide bonds. The first-order chi connectivity index (χ1) is 7.13. The Hall–Kier alpha value is 0.440. The highest BCUT2D eigenvalue weighted by Gasteiger charge is 2.22. The van der Waals surface area contributed by atoms with Crippen molar-refractivity contribution in [3.05, 3.63) is 0 Å². The van der Waals surface area contributed by atoms with Crippen molar-refractivity contribution in [1.29, 1.82) is 0 Å². The lowest BCUT2D eigenvalue weighted by Gasteiger charge is -2.34. The summed E-state index contributed by atoms with van der Waals surface area (Å²) in [5, 5.41) is 0. The zero-order chi connectivity index (χ0) is 11.3. The van der Waals surface area contributed by atoms with Crippen LogP contribution in [0.1, 0.15) is 46.5 Å². The van der Waals surface area contributed by atoms with Crippen molar-refractivity contribution in [2.45, 2.75) is 51.3 Å². The topological polar surface area (TPSA) is 3.24 Å². The highest BCUT2D eigenvalue weighted by atomic mass is 79.9. The molecule has 0 aliphatic carbocycles. The summed E-state index contributed by atoms with van der Waals surface area (Å²) in [7, 11) is 0. The van der Waals surface area contributed by atoms with E-state index in [0.717, 1.165) is 11.8 Å². The molecule has 1 heterocycles. The fraction of sp³-hybridized carbons (Fsp3) is 1.00. The van der Waals surface area contributed by atoms with Crippen LogP contribution in [0, 0.1) is 11.8 Å². The SMILES string of the molecule is CCCC(C)CN1CCC(C(C)Br)CC1. The van der Waals surface area contributed by atoms with Crippen LogP contribution in [-0.4, -0.2) is 29.4 Å². The molecule has 2 heteroatoms. The molecule has 0 N–H and O–H groups in total. The molecule has 0 aromatic carbocycles. The van der Waals surface area contributed by atoms with Gasteiger partial charge >= 0.3 is 0 Å². The first-order valence-corrected chi connectivity index (χ1v) is 7.41. The molecule has 0 bridgehead atoms. The van der Waals surface area contributed by atoms with E-state index in [9.17, 15) is 0 Å². The number of likely N-dealkylation sites (tertiary alicyclic amines) is 1. The molecule has 0 spiro atoms. The van der Waals surface area contributed by atoms with Crippen molar-refractivity contribution < 1.29 is 0 Å². The second kappa shape index (κ2) is 6.90. The lowest BCUT2D eigenvalue weighted by Crippen LogP contribution is -2.38. The van der Waals surface area contributed by atoms with Crippen LogP contribution in [0.3, 0.4) is 0 Å². The second-order valence-electron chi connectivity index (χ2n) is 5.21. The van der Waals surface area contributed by atoms with Crippen LogP contribution in [0.25, 0.3) is 0 Å². The van der Waals surface area contributed by atoms with E-state index >= 15 is 0 Å². The molecule has 2 atom stereocenters. The molecule has 2 unspecified atom stereocenters. The minimum absolute atomic E-state index is 0.702. The first-order valence-electron chi connectivity index (χ1n) is 6.50. The summed E-state index contributed by atoms with van der Waals surface area (Å²) in [5.41, 5.74) is 0. The number of rotatable bonds is 5. The largest absolute Gasteiger partial charge is 0.303 e. The van der Waals surface area contributed by atoms with E-state index in [4.69, 9.17) is 0 Å². The van der Waals surface area contributed by atoms with Crippen LogP contribution < -0.4 is 0 Å². The van der Waals surface area contributed by atoms with Gasteiger partial charge in [0.2, 0.25) is 0 Å². The minimum atomic E-state index is 0.702. The van der Waals surface area contributed by atoms with E-state index in [-0.39, 0.29) is 0 Å². The monoisotopic (exact) mass is 275 g/mol. The van der Waals surface area contributed by atoms with Crippen LogP contribution in [0.15, 0.2) is 0 Å². The zero-order valence-electron chi connectivity index (χ0n) is 10.5. The zero-order valence-corrected chi connectivity index (χ0v) is 12.1. The highest BCUT2D eigenvalue weighted by Crippen LogP contribution is 2.25. The van der Waals surface area contributed by atoms with E-state index in [1.54, 1.807) is 0 Å². The Bertz CT molecular complexity index is 162. The average molecular weight is 276 g/mol. The molecule has 1 rings (SSSR count). The predicted molar refractivity (Wildman–Crippen MR) is 71.6 cm³/mol. The van der Waals surface area contributed by atoms with Gasteiger partial charge in [-0.15, -0.1) is 0 Å². The molecule has 15 heavy (non-hydrogen) atoms. The van der Waals surface area contributed by atoms with Crippen LogP contribution in [0.5, 0.6) is 0 Å². The van der Waals surface area contributed by atoms with Gasteiger partial charge in [0.1, 0.15) is 0 Å². The minimum Gasteiger partial charge on any atom is -0.303 e. The van der Waals surface area contributed by atoms with Gasteiger partial charge in [-0.3, -0.25) is 0 Å². The molecule has 1 saturated heterocycles. The molecular weight excluding hydrogens is 250 g/mol. The van der Waals surface area contributed by atoms with Crippen molar-refractivity contribution >= 4 is 15.9 Å². The third-order valence-electron chi connectivity index (χ3n) is 3.63. The summed E-state index contributed by atoms with van der Waals surface area (Å²) in [6.07, 6.45) is 5.47. The Morgan fingerprint density at radius 2 is 1.87 bits per heavy atom. The molecule has 0 radical (unpaired) electrons. The molecule has 1 aliphatic rings. The summed E-state index contributed by atoms with van der Waals surface area (Å²) in [6, 6.07) is 0. The Morgan fingerprint density at radius 1 is 1.27 bits per heavy atom. The van der Waals surface area contributed by atoms with Gasteiger partial charge in [-0.1, -0.05) is 43.1 Å². The van der Waals surface area contributed by atoms with Crippen molar-refractivity contribution in [2.75, 3.05) is 19.6 Å². The van der Waals surface area contributed by atoms with Gasteiger partial charge in [0.25, 0.3) is 0 Å². The number of hydrogen-bond donors (Lipinski definition) is 0. The van der Waals surface area contributed by atoms with E-state index in [0.29, 0.717) is 4.83 Å². The number of piperidine rings is 1. The van der Waals surface area contributed by atoms with Crippen LogP contribution >= 0.6 is 15.9 Å². The maximum absolute atomic E-state index is 3.71. The van der Waals surface area contributed by atoms with Gasteiger partial charge in [0.15, 0.2) is 0 Å². The lowest BCUT2D eigenvalue weighted by molar-refractivity contribution is 0.162. The molecule has 0 aromatic rings. The third kappa shape index (κ3) is 4.86. The molecule has 1 fully saturated rings. The normalized spacial score (nSPS) is 24.0. The Labute approximate surface area is 104 Å². The molecular formula is C13H26BrN.